The molecule has 0 aliphatic carbocycles. The van der Waals surface area contributed by atoms with Gasteiger partial charge in [-0.1, -0.05) is 11.8 Å². The van der Waals surface area contributed by atoms with Gasteiger partial charge < -0.3 is 9.64 Å². The van der Waals surface area contributed by atoms with Crippen LogP contribution in [0.25, 0.3) is 0 Å². The van der Waals surface area contributed by atoms with Crippen molar-refractivity contribution in [3.05, 3.63) is 18.5 Å². The number of rotatable bonds is 3. The van der Waals surface area contributed by atoms with Gasteiger partial charge >= 0.3 is 6.09 Å². The summed E-state index contributed by atoms with van der Waals surface area (Å²) in [6.07, 6.45) is 5.29. The summed E-state index contributed by atoms with van der Waals surface area (Å²) in [5.74, 6) is 0.809. The summed E-state index contributed by atoms with van der Waals surface area (Å²) in [6, 6.07) is 2.01. The number of hydrogen-bond donors (Lipinski definition) is 0. The summed E-state index contributed by atoms with van der Waals surface area (Å²) >= 11 is 1.59. The van der Waals surface area contributed by atoms with Crippen LogP contribution >= 0.6 is 11.8 Å². The molecule has 2 rings (SSSR count). The average molecular weight is 295 g/mol. The highest BCUT2D eigenvalue weighted by Gasteiger charge is 2.32. The van der Waals surface area contributed by atoms with E-state index in [0.29, 0.717) is 0 Å². The Labute approximate surface area is 124 Å². The van der Waals surface area contributed by atoms with E-state index in [9.17, 15) is 4.79 Å². The first-order valence-corrected chi connectivity index (χ1v) is 7.84. The zero-order valence-corrected chi connectivity index (χ0v) is 13.0. The van der Waals surface area contributed by atoms with Gasteiger partial charge in [-0.15, -0.1) is 0 Å². The summed E-state index contributed by atoms with van der Waals surface area (Å²) in [7, 11) is 0. The molecule has 0 unspecified atom stereocenters. The van der Waals surface area contributed by atoms with Crippen molar-refractivity contribution in [2.24, 2.45) is 0 Å². The fourth-order valence-electron chi connectivity index (χ4n) is 2.10. The smallest absolute Gasteiger partial charge is 0.410 e. The molecule has 1 fully saturated rings. The number of carbonyl (C=O) groups excluding carboxylic acids is 1. The minimum Gasteiger partial charge on any atom is -0.444 e. The lowest BCUT2D eigenvalue weighted by atomic mass is 10.2. The Kier molecular flexibility index (Phi) is 4.86. The number of likely N-dealkylation sites (tertiary alicyclic amines) is 1. The summed E-state index contributed by atoms with van der Waals surface area (Å²) in [4.78, 5) is 22.4. The van der Waals surface area contributed by atoms with Gasteiger partial charge in [0.05, 0.1) is 0 Å². The number of nitrogens with zero attached hydrogens (tertiary/aromatic N) is 3. The summed E-state index contributed by atoms with van der Waals surface area (Å²) in [6.45, 7) is 6.45. The molecule has 1 saturated heterocycles. The van der Waals surface area contributed by atoms with E-state index in [1.54, 1.807) is 30.2 Å². The first-order chi connectivity index (χ1) is 9.46. The molecule has 0 spiro atoms. The van der Waals surface area contributed by atoms with Crippen LogP contribution in [0.2, 0.25) is 0 Å². The van der Waals surface area contributed by atoms with Gasteiger partial charge in [-0.25, -0.2) is 14.8 Å². The van der Waals surface area contributed by atoms with Crippen LogP contribution in [0.15, 0.2) is 23.6 Å². The highest BCUT2D eigenvalue weighted by atomic mass is 32.2. The van der Waals surface area contributed by atoms with Gasteiger partial charge in [0.15, 0.2) is 5.16 Å². The van der Waals surface area contributed by atoms with E-state index in [1.165, 1.54) is 0 Å². The number of hydrogen-bond acceptors (Lipinski definition) is 5. The van der Waals surface area contributed by atoms with Crippen LogP contribution in [0.3, 0.4) is 0 Å². The topological polar surface area (TPSA) is 55.3 Å². The Hall–Kier alpha value is -1.30. The van der Waals surface area contributed by atoms with Crippen LogP contribution in [0.5, 0.6) is 0 Å². The number of ether oxygens (including phenoxy) is 1. The maximum atomic E-state index is 12.1. The van der Waals surface area contributed by atoms with Crippen molar-refractivity contribution in [2.45, 2.75) is 50.4 Å². The standard InChI is InChI=1S/C14H21N3O2S/c1-14(2,3)19-13(18)17-9-4-6-11(17)10-20-12-15-7-5-8-16-12/h5,7-8,11H,4,6,9-10H2,1-3H3/t11-/m1/s1. The van der Waals surface area contributed by atoms with Gasteiger partial charge in [-0.05, 0) is 39.7 Å². The van der Waals surface area contributed by atoms with Crippen LogP contribution in [-0.2, 0) is 4.74 Å². The van der Waals surface area contributed by atoms with Crippen molar-refractivity contribution >= 4 is 17.9 Å². The number of amides is 1. The predicted octanol–water partition coefficient (Wildman–Crippen LogP) is 2.97. The molecule has 1 atom stereocenters. The van der Waals surface area contributed by atoms with E-state index < -0.39 is 5.60 Å². The molecule has 1 aromatic heterocycles. The van der Waals surface area contributed by atoms with Gasteiger partial charge in [-0.2, -0.15) is 0 Å². The highest BCUT2D eigenvalue weighted by Crippen LogP contribution is 2.25. The normalized spacial score (nSPS) is 19.1. The second-order valence-electron chi connectivity index (χ2n) is 5.81. The Morgan fingerprint density at radius 3 is 2.80 bits per heavy atom. The summed E-state index contributed by atoms with van der Waals surface area (Å²) in [5.41, 5.74) is -0.445. The van der Waals surface area contributed by atoms with E-state index in [0.717, 1.165) is 30.3 Å². The molecular formula is C14H21N3O2S. The quantitative estimate of drug-likeness (QED) is 0.634. The van der Waals surface area contributed by atoms with Gasteiger partial charge in [0.25, 0.3) is 0 Å². The largest absolute Gasteiger partial charge is 0.444 e. The van der Waals surface area contributed by atoms with Crippen molar-refractivity contribution in [3.63, 3.8) is 0 Å². The van der Waals surface area contributed by atoms with E-state index in [-0.39, 0.29) is 12.1 Å². The third-order valence-electron chi connectivity index (χ3n) is 2.95. The maximum absolute atomic E-state index is 12.1. The first-order valence-electron chi connectivity index (χ1n) is 6.85. The molecule has 110 valence electrons. The van der Waals surface area contributed by atoms with E-state index in [2.05, 4.69) is 9.97 Å². The monoisotopic (exact) mass is 295 g/mol. The van der Waals surface area contributed by atoms with E-state index >= 15 is 0 Å². The Morgan fingerprint density at radius 2 is 2.15 bits per heavy atom. The molecule has 0 aromatic carbocycles. The van der Waals surface area contributed by atoms with Crippen LogP contribution in [0, 0.1) is 0 Å². The van der Waals surface area contributed by atoms with Crippen molar-refractivity contribution in [3.8, 4) is 0 Å². The molecule has 20 heavy (non-hydrogen) atoms. The lowest BCUT2D eigenvalue weighted by Crippen LogP contribution is -2.40. The molecule has 0 N–H and O–H groups in total. The first kappa shape index (κ1) is 15.1. The minimum atomic E-state index is -0.445. The van der Waals surface area contributed by atoms with Crippen LogP contribution in [0.4, 0.5) is 4.79 Å². The van der Waals surface area contributed by atoms with Crippen LogP contribution in [0.1, 0.15) is 33.6 Å². The zero-order valence-electron chi connectivity index (χ0n) is 12.2. The minimum absolute atomic E-state index is 0.207. The molecule has 1 aliphatic heterocycles. The maximum Gasteiger partial charge on any atom is 0.410 e. The summed E-state index contributed by atoms with van der Waals surface area (Å²) < 4.78 is 5.45. The highest BCUT2D eigenvalue weighted by molar-refractivity contribution is 7.99. The van der Waals surface area contributed by atoms with Gasteiger partial charge in [0.1, 0.15) is 5.60 Å². The van der Waals surface area contributed by atoms with Crippen molar-refractivity contribution in [2.75, 3.05) is 12.3 Å². The third-order valence-corrected chi connectivity index (χ3v) is 3.97. The second-order valence-corrected chi connectivity index (χ2v) is 6.80. The van der Waals surface area contributed by atoms with Gasteiger partial charge in [-0.3, -0.25) is 0 Å². The predicted molar refractivity (Wildman–Crippen MR) is 78.7 cm³/mol. The van der Waals surface area contributed by atoms with Crippen molar-refractivity contribution in [1.29, 1.82) is 0 Å². The zero-order chi connectivity index (χ0) is 14.6. The average Bonchev–Trinajstić information content (AvgIpc) is 2.84. The van der Waals surface area contributed by atoms with Crippen LogP contribution in [-0.4, -0.2) is 44.9 Å². The lowest BCUT2D eigenvalue weighted by molar-refractivity contribution is 0.0242. The third kappa shape index (κ3) is 4.37. The fraction of sp³-hybridized carbons (Fsp3) is 0.643. The van der Waals surface area contributed by atoms with Gasteiger partial charge in [0, 0.05) is 30.7 Å². The molecular weight excluding hydrogens is 274 g/mol. The Morgan fingerprint density at radius 1 is 1.45 bits per heavy atom. The molecule has 1 amide bonds. The van der Waals surface area contributed by atoms with E-state index in [4.69, 9.17) is 4.74 Å². The number of carbonyl (C=O) groups is 1. The van der Waals surface area contributed by atoms with Crippen molar-refractivity contribution < 1.29 is 9.53 Å². The van der Waals surface area contributed by atoms with E-state index in [1.807, 2.05) is 25.7 Å². The number of aromatic nitrogens is 2. The SMILES string of the molecule is CC(C)(C)OC(=O)N1CCC[C@@H]1CSc1ncccn1. The molecule has 5 nitrogen and oxygen atoms in total. The van der Waals surface area contributed by atoms with Crippen LogP contribution < -0.4 is 0 Å². The number of thioether (sulfide) groups is 1. The second kappa shape index (κ2) is 6.43. The molecule has 6 heteroatoms. The fourth-order valence-corrected chi connectivity index (χ4v) is 3.06. The Bertz CT molecular complexity index is 447. The molecule has 1 aromatic rings. The molecule has 2 heterocycles. The lowest BCUT2D eigenvalue weighted by Gasteiger charge is -2.28. The van der Waals surface area contributed by atoms with Gasteiger partial charge in [0.2, 0.25) is 0 Å². The molecule has 0 radical (unpaired) electrons. The van der Waals surface area contributed by atoms with Crippen molar-refractivity contribution in [1.82, 2.24) is 14.9 Å². The molecule has 0 saturated carbocycles. The molecule has 0 bridgehead atoms. The summed E-state index contributed by atoms with van der Waals surface area (Å²) in [5, 5.41) is 0.753. The Balaban J connectivity index is 1.89. The molecule has 1 aliphatic rings.